The van der Waals surface area contributed by atoms with Crippen molar-refractivity contribution in [2.45, 2.75) is 30.5 Å². The van der Waals surface area contributed by atoms with Crippen molar-refractivity contribution in [3.8, 4) is 5.69 Å². The molecule has 0 atom stereocenters. The minimum Gasteiger partial charge on any atom is -0.341 e. The average molecular weight is 396 g/mol. The van der Waals surface area contributed by atoms with Crippen LogP contribution in [0.4, 0.5) is 4.39 Å². The Kier molecular flexibility index (Phi) is 5.43. The Morgan fingerprint density at radius 1 is 1.21 bits per heavy atom. The van der Waals surface area contributed by atoms with Gasteiger partial charge in [0.2, 0.25) is 11.1 Å². The van der Waals surface area contributed by atoms with Gasteiger partial charge in [-0.05, 0) is 42.7 Å². The number of para-hydroxylation sites is 1. The molecule has 1 aliphatic carbocycles. The van der Waals surface area contributed by atoms with Gasteiger partial charge in [-0.1, -0.05) is 42.1 Å². The summed E-state index contributed by atoms with van der Waals surface area (Å²) < 4.78 is 15.2. The second kappa shape index (κ2) is 8.14. The minimum atomic E-state index is -0.295. The molecule has 0 bridgehead atoms. The fourth-order valence-electron chi connectivity index (χ4n) is 2.96. The second-order valence-electron chi connectivity index (χ2n) is 6.94. The van der Waals surface area contributed by atoms with Gasteiger partial charge in [0.05, 0.1) is 11.4 Å². The maximum absolute atomic E-state index is 13.3. The van der Waals surface area contributed by atoms with Gasteiger partial charge in [-0.3, -0.25) is 4.79 Å². The van der Waals surface area contributed by atoms with Crippen LogP contribution in [-0.4, -0.2) is 38.4 Å². The molecule has 0 saturated heterocycles. The van der Waals surface area contributed by atoms with E-state index in [1.807, 2.05) is 41.1 Å². The van der Waals surface area contributed by atoms with Crippen molar-refractivity contribution < 1.29 is 9.18 Å². The molecule has 2 aromatic carbocycles. The van der Waals surface area contributed by atoms with Gasteiger partial charge in [0.1, 0.15) is 11.6 Å². The zero-order chi connectivity index (χ0) is 19.5. The van der Waals surface area contributed by atoms with Crippen LogP contribution in [0.5, 0.6) is 0 Å². The van der Waals surface area contributed by atoms with E-state index in [1.165, 1.54) is 23.9 Å². The van der Waals surface area contributed by atoms with E-state index < -0.39 is 0 Å². The molecule has 0 radical (unpaired) electrons. The molecule has 1 fully saturated rings. The Balaban J connectivity index is 1.41. The van der Waals surface area contributed by atoms with Crippen LogP contribution in [-0.2, 0) is 11.3 Å². The van der Waals surface area contributed by atoms with E-state index in [9.17, 15) is 9.18 Å². The van der Waals surface area contributed by atoms with E-state index in [0.717, 1.165) is 29.9 Å². The van der Waals surface area contributed by atoms with E-state index in [1.54, 1.807) is 18.0 Å². The number of rotatable bonds is 7. The summed E-state index contributed by atoms with van der Waals surface area (Å²) in [6.45, 7) is 0.371. The molecule has 28 heavy (non-hydrogen) atoms. The summed E-state index contributed by atoms with van der Waals surface area (Å²) in [5.41, 5.74) is 1.75. The average Bonchev–Trinajstić information content (AvgIpc) is 3.46. The molecule has 1 aliphatic rings. The molecule has 1 saturated carbocycles. The van der Waals surface area contributed by atoms with Crippen LogP contribution in [0.3, 0.4) is 0 Å². The molecule has 0 unspecified atom stereocenters. The largest absolute Gasteiger partial charge is 0.341 e. The highest BCUT2D eigenvalue weighted by Crippen LogP contribution is 2.40. The van der Waals surface area contributed by atoms with Crippen molar-refractivity contribution in [3.63, 3.8) is 0 Å². The SMILES string of the molecule is CN(Cc1cccc(F)c1)C(=O)CSc1nc(C2CC2)n(-c2ccccc2)n1. The lowest BCUT2D eigenvalue weighted by Crippen LogP contribution is -2.27. The summed E-state index contributed by atoms with van der Waals surface area (Å²) in [5.74, 6) is 1.33. The van der Waals surface area contributed by atoms with E-state index >= 15 is 0 Å². The number of carbonyl (C=O) groups is 1. The zero-order valence-corrected chi connectivity index (χ0v) is 16.4. The lowest BCUT2D eigenvalue weighted by Gasteiger charge is -2.16. The summed E-state index contributed by atoms with van der Waals surface area (Å²) in [6, 6.07) is 16.2. The van der Waals surface area contributed by atoms with Gasteiger partial charge in [0.25, 0.3) is 0 Å². The Morgan fingerprint density at radius 3 is 2.71 bits per heavy atom. The number of aromatic nitrogens is 3. The molecular formula is C21H21FN4OS. The van der Waals surface area contributed by atoms with E-state index in [0.29, 0.717) is 17.6 Å². The number of thioether (sulfide) groups is 1. The van der Waals surface area contributed by atoms with Crippen molar-refractivity contribution in [2.75, 3.05) is 12.8 Å². The molecule has 7 heteroatoms. The number of carbonyl (C=O) groups excluding carboxylic acids is 1. The number of hydrogen-bond acceptors (Lipinski definition) is 4. The second-order valence-corrected chi connectivity index (χ2v) is 7.89. The van der Waals surface area contributed by atoms with Crippen molar-refractivity contribution in [2.24, 2.45) is 0 Å². The molecule has 5 nitrogen and oxygen atoms in total. The molecule has 0 aliphatic heterocycles. The predicted octanol–water partition coefficient (Wildman–Crippen LogP) is 4.03. The molecule has 3 aromatic rings. The maximum Gasteiger partial charge on any atom is 0.233 e. The molecule has 0 spiro atoms. The summed E-state index contributed by atoms with van der Waals surface area (Å²) >= 11 is 1.34. The summed E-state index contributed by atoms with van der Waals surface area (Å²) in [7, 11) is 1.72. The zero-order valence-electron chi connectivity index (χ0n) is 15.6. The highest BCUT2D eigenvalue weighted by Gasteiger charge is 2.30. The quantitative estimate of drug-likeness (QED) is 0.566. The fraction of sp³-hybridized carbons (Fsp3) is 0.286. The van der Waals surface area contributed by atoms with Gasteiger partial charge in [0.15, 0.2) is 0 Å². The van der Waals surface area contributed by atoms with Crippen LogP contribution in [0.15, 0.2) is 59.8 Å². The highest BCUT2D eigenvalue weighted by atomic mass is 32.2. The fourth-order valence-corrected chi connectivity index (χ4v) is 3.73. The molecule has 0 N–H and O–H groups in total. The van der Waals surface area contributed by atoms with Gasteiger partial charge in [-0.2, -0.15) is 0 Å². The predicted molar refractivity (Wildman–Crippen MR) is 107 cm³/mol. The molecule has 144 valence electrons. The standard InChI is InChI=1S/C21H21FN4OS/c1-25(13-15-6-5-7-17(22)12-15)19(27)14-28-21-23-20(16-10-11-16)26(24-21)18-8-3-2-4-9-18/h2-9,12,16H,10-11,13-14H2,1H3. The first kappa shape index (κ1) is 18.7. The topological polar surface area (TPSA) is 51.0 Å². The third-order valence-electron chi connectivity index (χ3n) is 4.62. The summed E-state index contributed by atoms with van der Waals surface area (Å²) in [5, 5.41) is 5.23. The van der Waals surface area contributed by atoms with Gasteiger partial charge in [-0.15, -0.1) is 5.10 Å². The van der Waals surface area contributed by atoms with Crippen LogP contribution in [0.2, 0.25) is 0 Å². The first-order valence-electron chi connectivity index (χ1n) is 9.24. The summed E-state index contributed by atoms with van der Waals surface area (Å²) in [6.07, 6.45) is 2.26. The minimum absolute atomic E-state index is 0.0432. The third-order valence-corrected chi connectivity index (χ3v) is 5.44. The number of nitrogens with zero attached hydrogens (tertiary/aromatic N) is 4. The Bertz CT molecular complexity index is 972. The molecular weight excluding hydrogens is 375 g/mol. The Labute approximate surface area is 167 Å². The third kappa shape index (κ3) is 4.42. The number of hydrogen-bond donors (Lipinski definition) is 0. The summed E-state index contributed by atoms with van der Waals surface area (Å²) in [4.78, 5) is 18.7. The smallest absolute Gasteiger partial charge is 0.233 e. The number of halogens is 1. The Morgan fingerprint density at radius 2 is 2.00 bits per heavy atom. The Hall–Kier alpha value is -2.67. The number of benzene rings is 2. The lowest BCUT2D eigenvalue weighted by atomic mass is 10.2. The van der Waals surface area contributed by atoms with E-state index in [2.05, 4.69) is 10.1 Å². The molecule has 1 aromatic heterocycles. The van der Waals surface area contributed by atoms with Crippen molar-refractivity contribution in [3.05, 3.63) is 71.8 Å². The first-order valence-corrected chi connectivity index (χ1v) is 10.2. The van der Waals surface area contributed by atoms with E-state index in [4.69, 9.17) is 0 Å². The normalized spacial score (nSPS) is 13.5. The molecule has 1 amide bonds. The van der Waals surface area contributed by atoms with Crippen molar-refractivity contribution >= 4 is 17.7 Å². The van der Waals surface area contributed by atoms with Crippen LogP contribution in [0.1, 0.15) is 30.1 Å². The van der Waals surface area contributed by atoms with Crippen LogP contribution in [0, 0.1) is 5.82 Å². The van der Waals surface area contributed by atoms with Crippen molar-refractivity contribution in [1.82, 2.24) is 19.7 Å². The van der Waals surface area contributed by atoms with E-state index in [-0.39, 0.29) is 17.5 Å². The highest BCUT2D eigenvalue weighted by molar-refractivity contribution is 7.99. The van der Waals surface area contributed by atoms with Gasteiger partial charge < -0.3 is 4.90 Å². The molecule has 1 heterocycles. The van der Waals surface area contributed by atoms with Gasteiger partial charge in [-0.25, -0.2) is 14.1 Å². The monoisotopic (exact) mass is 396 g/mol. The van der Waals surface area contributed by atoms with Crippen LogP contribution in [0.25, 0.3) is 5.69 Å². The number of amides is 1. The van der Waals surface area contributed by atoms with Crippen LogP contribution < -0.4 is 0 Å². The lowest BCUT2D eigenvalue weighted by molar-refractivity contribution is -0.127. The van der Waals surface area contributed by atoms with Gasteiger partial charge >= 0.3 is 0 Å². The van der Waals surface area contributed by atoms with Gasteiger partial charge in [0, 0.05) is 19.5 Å². The maximum atomic E-state index is 13.3. The van der Waals surface area contributed by atoms with Crippen molar-refractivity contribution in [1.29, 1.82) is 0 Å². The first-order chi connectivity index (χ1) is 13.6. The molecule has 4 rings (SSSR count). The van der Waals surface area contributed by atoms with Crippen LogP contribution >= 0.6 is 11.8 Å².